The summed E-state index contributed by atoms with van der Waals surface area (Å²) in [4.78, 5) is 11.6. The van der Waals surface area contributed by atoms with Crippen LogP contribution in [0.5, 0.6) is 0 Å². The Balaban J connectivity index is 1.14. The van der Waals surface area contributed by atoms with Crippen molar-refractivity contribution >= 4 is 5.97 Å². The molecule has 0 aromatic carbocycles. The van der Waals surface area contributed by atoms with Crippen LogP contribution < -0.4 is 0 Å². The maximum absolute atomic E-state index is 11.6. The van der Waals surface area contributed by atoms with Crippen molar-refractivity contribution in [3.63, 3.8) is 0 Å². The molecule has 0 unspecified atom stereocenters. The lowest BCUT2D eigenvalue weighted by molar-refractivity contribution is -0.139. The van der Waals surface area contributed by atoms with E-state index in [0.29, 0.717) is 6.42 Å². The molecule has 3 aliphatic heterocycles. The Kier molecular flexibility index (Phi) is 18.5. The summed E-state index contributed by atoms with van der Waals surface area (Å²) in [6.45, 7) is 4.14. The number of unbranched alkanes of at least 4 members (excludes halogenated alkanes) is 15. The molecule has 8 atom stereocenters. The number of cyclic esters (lactones) is 1. The molecule has 2 fully saturated rings. The number of carbonyl (C=O) groups is 1. The molecule has 3 rings (SSSR count). The van der Waals surface area contributed by atoms with E-state index in [-0.39, 0.29) is 36.5 Å². The van der Waals surface area contributed by atoms with Gasteiger partial charge in [0.2, 0.25) is 0 Å². The Morgan fingerprint density at radius 1 is 0.682 bits per heavy atom. The molecule has 7 nitrogen and oxygen atoms in total. The van der Waals surface area contributed by atoms with Crippen LogP contribution in [-0.4, -0.2) is 70.1 Å². The molecule has 0 aliphatic carbocycles. The van der Waals surface area contributed by atoms with Gasteiger partial charge in [0.15, 0.2) is 0 Å². The van der Waals surface area contributed by atoms with Crippen molar-refractivity contribution in [3.8, 4) is 0 Å². The summed E-state index contributed by atoms with van der Waals surface area (Å²) in [5.74, 6) is -0.125. The molecule has 0 spiro atoms. The Bertz CT molecular complexity index is 801. The minimum absolute atomic E-state index is 0.0212. The summed E-state index contributed by atoms with van der Waals surface area (Å²) < 4.78 is 17.6. The third-order valence-electron chi connectivity index (χ3n) is 10.1. The average molecular weight is 623 g/mol. The Labute approximate surface area is 268 Å². The molecule has 3 heterocycles. The van der Waals surface area contributed by atoms with E-state index in [1.54, 1.807) is 0 Å². The van der Waals surface area contributed by atoms with Gasteiger partial charge in [-0.15, -0.1) is 0 Å². The zero-order valence-electron chi connectivity index (χ0n) is 28.1. The van der Waals surface area contributed by atoms with Crippen molar-refractivity contribution in [1.82, 2.24) is 0 Å². The summed E-state index contributed by atoms with van der Waals surface area (Å²) in [6, 6.07) is 0. The second-order valence-electron chi connectivity index (χ2n) is 14.0. The molecule has 0 saturated carbocycles. The van der Waals surface area contributed by atoms with Gasteiger partial charge in [-0.1, -0.05) is 110 Å². The largest absolute Gasteiger partial charge is 0.455 e. The highest BCUT2D eigenvalue weighted by atomic mass is 16.6. The van der Waals surface area contributed by atoms with Gasteiger partial charge < -0.3 is 29.5 Å². The second kappa shape index (κ2) is 21.7. The smallest absolute Gasteiger partial charge is 0.334 e. The Hall–Kier alpha value is -0.990. The predicted octanol–water partition coefficient (Wildman–Crippen LogP) is 7.86. The van der Waals surface area contributed by atoms with Gasteiger partial charge in [-0.2, -0.15) is 0 Å². The number of hydrogen-bond donors (Lipinski definition) is 3. The van der Waals surface area contributed by atoms with Crippen molar-refractivity contribution in [2.75, 3.05) is 0 Å². The molecule has 0 aromatic heterocycles. The van der Waals surface area contributed by atoms with Crippen LogP contribution >= 0.6 is 0 Å². The first-order valence-electron chi connectivity index (χ1n) is 18.7. The maximum Gasteiger partial charge on any atom is 0.334 e. The number of hydrogen-bond acceptors (Lipinski definition) is 7. The van der Waals surface area contributed by atoms with Crippen molar-refractivity contribution in [2.45, 2.75) is 217 Å². The number of aliphatic hydroxyl groups is 3. The summed E-state index contributed by atoms with van der Waals surface area (Å²) in [6.07, 6.45) is 25.4. The molecule has 0 radical (unpaired) electrons. The number of aliphatic hydroxyl groups excluding tert-OH is 3. The van der Waals surface area contributed by atoms with Crippen molar-refractivity contribution in [2.24, 2.45) is 0 Å². The number of ether oxygens (including phenoxy) is 3. The predicted molar refractivity (Wildman–Crippen MR) is 175 cm³/mol. The Morgan fingerprint density at radius 2 is 1.18 bits per heavy atom. The lowest BCUT2D eigenvalue weighted by atomic mass is 9.98. The van der Waals surface area contributed by atoms with Crippen LogP contribution in [0, 0.1) is 0 Å². The van der Waals surface area contributed by atoms with E-state index < -0.39 is 18.3 Å². The number of rotatable bonds is 25. The lowest BCUT2D eigenvalue weighted by Crippen LogP contribution is -2.39. The van der Waals surface area contributed by atoms with Gasteiger partial charge in [0, 0.05) is 5.57 Å². The molecule has 0 amide bonds. The molecule has 3 aliphatic rings. The fourth-order valence-electron chi connectivity index (χ4n) is 7.27. The summed E-state index contributed by atoms with van der Waals surface area (Å²) in [5, 5.41) is 32.0. The molecular formula is C37H66O7. The average Bonchev–Trinajstić information content (AvgIpc) is 3.77. The van der Waals surface area contributed by atoms with Gasteiger partial charge in [0.1, 0.15) is 12.2 Å². The highest BCUT2D eigenvalue weighted by molar-refractivity contribution is 5.90. The normalized spacial score (nSPS) is 27.4. The zero-order valence-corrected chi connectivity index (χ0v) is 28.1. The highest BCUT2D eigenvalue weighted by Gasteiger charge is 2.42. The van der Waals surface area contributed by atoms with Gasteiger partial charge in [-0.3, -0.25) is 0 Å². The summed E-state index contributed by atoms with van der Waals surface area (Å²) in [7, 11) is 0. The van der Waals surface area contributed by atoms with Crippen molar-refractivity contribution in [3.05, 3.63) is 11.6 Å². The highest BCUT2D eigenvalue weighted by Crippen LogP contribution is 2.35. The van der Waals surface area contributed by atoms with Crippen LogP contribution in [0.3, 0.4) is 0 Å². The third kappa shape index (κ3) is 13.8. The minimum Gasteiger partial charge on any atom is -0.455 e. The van der Waals surface area contributed by atoms with Crippen LogP contribution in [0.4, 0.5) is 0 Å². The fraction of sp³-hybridized carbons (Fsp3) is 0.919. The first-order valence-corrected chi connectivity index (χ1v) is 18.7. The quantitative estimate of drug-likeness (QED) is 0.0703. The summed E-state index contributed by atoms with van der Waals surface area (Å²) in [5.41, 5.74) is 0.861. The van der Waals surface area contributed by atoms with Crippen LogP contribution in [0.1, 0.15) is 168 Å². The fourth-order valence-corrected chi connectivity index (χ4v) is 7.27. The minimum atomic E-state index is -0.833. The van der Waals surface area contributed by atoms with Gasteiger partial charge >= 0.3 is 5.97 Å². The van der Waals surface area contributed by atoms with E-state index in [4.69, 9.17) is 14.2 Å². The number of carbonyl (C=O) groups excluding carboxylic acids is 1. The van der Waals surface area contributed by atoms with E-state index >= 15 is 0 Å². The SMILES string of the molecule is CCCCCCCCC[C@H](O)[C@H](O)[C@@H]1CC[C@H]([C@@H]2CC[C@H]([C@@H](O)CCCCCCCCCCCCC3=C[C@H](C)OC3=O)O2)O1. The van der Waals surface area contributed by atoms with Gasteiger partial charge in [-0.25, -0.2) is 4.79 Å². The molecule has 7 heteroatoms. The van der Waals surface area contributed by atoms with E-state index in [1.165, 1.54) is 77.0 Å². The summed E-state index contributed by atoms with van der Waals surface area (Å²) >= 11 is 0. The van der Waals surface area contributed by atoms with Gasteiger partial charge in [-0.05, 0) is 64.4 Å². The molecule has 3 N–H and O–H groups in total. The zero-order chi connectivity index (χ0) is 31.6. The van der Waals surface area contributed by atoms with Gasteiger partial charge in [0.05, 0.1) is 36.6 Å². The van der Waals surface area contributed by atoms with Crippen LogP contribution in [-0.2, 0) is 19.0 Å². The molecule has 44 heavy (non-hydrogen) atoms. The lowest BCUT2D eigenvalue weighted by Gasteiger charge is -2.26. The second-order valence-corrected chi connectivity index (χ2v) is 14.0. The first-order chi connectivity index (χ1) is 21.4. The molecular weight excluding hydrogens is 556 g/mol. The van der Waals surface area contributed by atoms with Crippen LogP contribution in [0.2, 0.25) is 0 Å². The van der Waals surface area contributed by atoms with Crippen LogP contribution in [0.25, 0.3) is 0 Å². The number of esters is 1. The molecule has 256 valence electrons. The van der Waals surface area contributed by atoms with E-state index in [1.807, 2.05) is 13.0 Å². The monoisotopic (exact) mass is 622 g/mol. The van der Waals surface area contributed by atoms with Crippen LogP contribution in [0.15, 0.2) is 11.6 Å². The van der Waals surface area contributed by atoms with Gasteiger partial charge in [0.25, 0.3) is 0 Å². The first kappa shape index (κ1) is 37.5. The van der Waals surface area contributed by atoms with E-state index in [2.05, 4.69) is 6.92 Å². The van der Waals surface area contributed by atoms with E-state index in [9.17, 15) is 20.1 Å². The van der Waals surface area contributed by atoms with E-state index in [0.717, 1.165) is 76.2 Å². The standard InChI is InChI=1S/C37H66O7/c1-3-4-5-6-11-16-19-22-31(39)36(40)35-26-25-34(44-35)33-24-23-32(43-33)30(38)21-18-15-13-10-8-7-9-12-14-17-20-29-27-28(2)42-37(29)41/h27-28,30-36,38-40H,3-26H2,1-2H3/t28-,30-,31-,32+,33-,34+,35-,36-/m0/s1. The third-order valence-corrected chi connectivity index (χ3v) is 10.1. The maximum atomic E-state index is 11.6. The van der Waals surface area contributed by atoms with Crippen molar-refractivity contribution < 1.29 is 34.3 Å². The molecule has 0 aromatic rings. The molecule has 0 bridgehead atoms. The topological polar surface area (TPSA) is 105 Å². The van der Waals surface area contributed by atoms with Crippen molar-refractivity contribution in [1.29, 1.82) is 0 Å². The molecule has 2 saturated heterocycles. The Morgan fingerprint density at radius 3 is 1.75 bits per heavy atom.